The summed E-state index contributed by atoms with van der Waals surface area (Å²) in [6.07, 6.45) is 1.25. The third kappa shape index (κ3) is 3.05. The molecule has 2 rings (SSSR count). The fourth-order valence-electron chi connectivity index (χ4n) is 2.22. The van der Waals surface area contributed by atoms with Gasteiger partial charge in [-0.1, -0.05) is 29.4 Å². The summed E-state index contributed by atoms with van der Waals surface area (Å²) in [5.74, 6) is 0.129. The lowest BCUT2D eigenvalue weighted by atomic mass is 9.94. The van der Waals surface area contributed by atoms with E-state index in [9.17, 15) is 0 Å². The summed E-state index contributed by atoms with van der Waals surface area (Å²) >= 11 is 0. The molecular weight excluding hydrogens is 242 g/mol. The smallest absolute Gasteiger partial charge is 0.170 e. The van der Waals surface area contributed by atoms with Crippen molar-refractivity contribution in [3.63, 3.8) is 0 Å². The van der Waals surface area contributed by atoms with Gasteiger partial charge in [0, 0.05) is 24.3 Å². The quantitative estimate of drug-likeness (QED) is 0.332. The van der Waals surface area contributed by atoms with Crippen LogP contribution in [-0.2, 0) is 11.3 Å². The van der Waals surface area contributed by atoms with Gasteiger partial charge in [0.15, 0.2) is 5.84 Å². The molecule has 1 fully saturated rings. The van der Waals surface area contributed by atoms with Gasteiger partial charge in [0.2, 0.25) is 0 Å². The van der Waals surface area contributed by atoms with Crippen LogP contribution in [0.15, 0.2) is 29.4 Å². The van der Waals surface area contributed by atoms with Crippen LogP contribution in [0.5, 0.6) is 0 Å². The van der Waals surface area contributed by atoms with Crippen molar-refractivity contribution in [1.29, 1.82) is 0 Å². The Labute approximate surface area is 113 Å². The van der Waals surface area contributed by atoms with E-state index in [0.717, 1.165) is 30.7 Å². The highest BCUT2D eigenvalue weighted by Crippen LogP contribution is 2.25. The molecule has 4 N–H and O–H groups in total. The third-order valence-corrected chi connectivity index (χ3v) is 3.94. The molecule has 1 aliphatic heterocycles. The van der Waals surface area contributed by atoms with Gasteiger partial charge in [-0.2, -0.15) is 0 Å². The van der Waals surface area contributed by atoms with E-state index in [0.29, 0.717) is 0 Å². The number of ether oxygens (including phenoxy) is 1. The van der Waals surface area contributed by atoms with E-state index in [4.69, 9.17) is 15.7 Å². The largest absolute Gasteiger partial charge is 0.409 e. The molecule has 0 saturated carbocycles. The predicted octanol–water partition coefficient (Wildman–Crippen LogP) is 1.44. The van der Waals surface area contributed by atoms with E-state index in [-0.39, 0.29) is 17.5 Å². The lowest BCUT2D eigenvalue weighted by Crippen LogP contribution is -2.47. The Balaban J connectivity index is 1.97. The molecule has 19 heavy (non-hydrogen) atoms. The Morgan fingerprint density at radius 1 is 1.53 bits per heavy atom. The monoisotopic (exact) mass is 263 g/mol. The van der Waals surface area contributed by atoms with Crippen LogP contribution in [0, 0.1) is 0 Å². The van der Waals surface area contributed by atoms with Crippen LogP contribution in [0.4, 0.5) is 0 Å². The Morgan fingerprint density at radius 2 is 2.21 bits per heavy atom. The summed E-state index contributed by atoms with van der Waals surface area (Å²) in [4.78, 5) is 0. The molecule has 0 bridgehead atoms. The standard InChI is InChI=1S/C14H21N3O2/c1-10-14(2,7-8-19-10)16-9-11-3-5-12(6-4-11)13(15)17-18/h3-6,10,16,18H,7-9H2,1-2H3,(H2,15,17). The maximum atomic E-state index is 8.60. The van der Waals surface area contributed by atoms with Crippen molar-refractivity contribution in [2.45, 2.75) is 38.5 Å². The first kappa shape index (κ1) is 13.8. The van der Waals surface area contributed by atoms with E-state index in [1.807, 2.05) is 24.3 Å². The highest BCUT2D eigenvalue weighted by molar-refractivity contribution is 5.96. The van der Waals surface area contributed by atoms with Crippen LogP contribution >= 0.6 is 0 Å². The van der Waals surface area contributed by atoms with Gasteiger partial charge in [0.1, 0.15) is 0 Å². The van der Waals surface area contributed by atoms with E-state index in [1.54, 1.807) is 0 Å². The first-order valence-electron chi connectivity index (χ1n) is 6.48. The van der Waals surface area contributed by atoms with Crippen LogP contribution in [-0.4, -0.2) is 29.3 Å². The van der Waals surface area contributed by atoms with Crippen molar-refractivity contribution in [1.82, 2.24) is 5.32 Å². The van der Waals surface area contributed by atoms with E-state index < -0.39 is 0 Å². The van der Waals surface area contributed by atoms with Crippen LogP contribution < -0.4 is 11.1 Å². The molecular formula is C14H21N3O2. The number of nitrogens with two attached hydrogens (primary N) is 1. The minimum absolute atomic E-state index is 0.0320. The number of hydrogen-bond acceptors (Lipinski definition) is 4. The maximum Gasteiger partial charge on any atom is 0.170 e. The van der Waals surface area contributed by atoms with E-state index >= 15 is 0 Å². The second-order valence-corrected chi connectivity index (χ2v) is 5.22. The van der Waals surface area contributed by atoms with Gasteiger partial charge in [0.05, 0.1) is 6.10 Å². The van der Waals surface area contributed by atoms with Crippen molar-refractivity contribution in [2.75, 3.05) is 6.61 Å². The Kier molecular flexibility index (Phi) is 4.07. The Bertz CT molecular complexity index is 458. The first-order valence-corrected chi connectivity index (χ1v) is 6.48. The molecule has 5 nitrogen and oxygen atoms in total. The minimum Gasteiger partial charge on any atom is -0.409 e. The SMILES string of the molecule is CC1OCCC1(C)NCc1ccc(/C(N)=N/O)cc1. The van der Waals surface area contributed by atoms with Gasteiger partial charge in [-0.25, -0.2) is 0 Å². The lowest BCUT2D eigenvalue weighted by molar-refractivity contribution is 0.0881. The summed E-state index contributed by atoms with van der Waals surface area (Å²) in [7, 11) is 0. The third-order valence-electron chi connectivity index (χ3n) is 3.94. The maximum absolute atomic E-state index is 8.60. The molecule has 0 radical (unpaired) electrons. The molecule has 1 aromatic carbocycles. The van der Waals surface area contributed by atoms with Crippen LogP contribution in [0.3, 0.4) is 0 Å². The van der Waals surface area contributed by atoms with Gasteiger partial charge >= 0.3 is 0 Å². The zero-order chi connectivity index (χ0) is 13.9. The van der Waals surface area contributed by atoms with E-state index in [2.05, 4.69) is 24.3 Å². The van der Waals surface area contributed by atoms with Crippen molar-refractivity contribution >= 4 is 5.84 Å². The van der Waals surface area contributed by atoms with Gasteiger partial charge in [-0.15, -0.1) is 0 Å². The zero-order valence-corrected chi connectivity index (χ0v) is 11.4. The zero-order valence-electron chi connectivity index (χ0n) is 11.4. The molecule has 0 aromatic heterocycles. The predicted molar refractivity (Wildman–Crippen MR) is 74.2 cm³/mol. The molecule has 2 unspecified atom stereocenters. The average molecular weight is 263 g/mol. The second-order valence-electron chi connectivity index (χ2n) is 5.22. The number of hydrogen-bond donors (Lipinski definition) is 3. The van der Waals surface area contributed by atoms with Gasteiger partial charge in [0.25, 0.3) is 0 Å². The Morgan fingerprint density at radius 3 is 2.74 bits per heavy atom. The van der Waals surface area contributed by atoms with Crippen LogP contribution in [0.2, 0.25) is 0 Å². The highest BCUT2D eigenvalue weighted by Gasteiger charge is 2.36. The van der Waals surface area contributed by atoms with Crippen LogP contribution in [0.1, 0.15) is 31.4 Å². The number of rotatable bonds is 4. The summed E-state index contributed by atoms with van der Waals surface area (Å²) in [5, 5.41) is 15.1. The number of nitrogens with one attached hydrogen (secondary N) is 1. The second kappa shape index (κ2) is 5.59. The average Bonchev–Trinajstić information content (AvgIpc) is 2.77. The number of amidine groups is 1. The first-order chi connectivity index (χ1) is 9.05. The van der Waals surface area contributed by atoms with Crippen molar-refractivity contribution in [3.05, 3.63) is 35.4 Å². The topological polar surface area (TPSA) is 79.9 Å². The fourth-order valence-corrected chi connectivity index (χ4v) is 2.22. The lowest BCUT2D eigenvalue weighted by Gasteiger charge is -2.29. The van der Waals surface area contributed by atoms with Gasteiger partial charge < -0.3 is 21.0 Å². The van der Waals surface area contributed by atoms with Crippen molar-refractivity contribution in [3.8, 4) is 0 Å². The molecule has 5 heteroatoms. The summed E-state index contributed by atoms with van der Waals surface area (Å²) < 4.78 is 5.60. The number of nitrogens with zero attached hydrogens (tertiary/aromatic N) is 1. The van der Waals surface area contributed by atoms with Gasteiger partial charge in [-0.05, 0) is 25.8 Å². The molecule has 2 atom stereocenters. The molecule has 104 valence electrons. The van der Waals surface area contributed by atoms with Crippen LogP contribution in [0.25, 0.3) is 0 Å². The van der Waals surface area contributed by atoms with Crippen molar-refractivity contribution in [2.24, 2.45) is 10.9 Å². The van der Waals surface area contributed by atoms with Gasteiger partial charge in [-0.3, -0.25) is 0 Å². The highest BCUT2D eigenvalue weighted by atomic mass is 16.5. The molecule has 0 aliphatic carbocycles. The minimum atomic E-state index is 0.0320. The number of benzene rings is 1. The molecule has 1 saturated heterocycles. The normalized spacial score (nSPS) is 27.7. The Hall–Kier alpha value is -1.59. The molecule has 0 spiro atoms. The summed E-state index contributed by atoms with van der Waals surface area (Å²) in [5.41, 5.74) is 7.44. The molecule has 1 aliphatic rings. The summed E-state index contributed by atoms with van der Waals surface area (Å²) in [6, 6.07) is 7.65. The molecule has 0 amide bonds. The fraction of sp³-hybridized carbons (Fsp3) is 0.500. The van der Waals surface area contributed by atoms with E-state index in [1.165, 1.54) is 0 Å². The number of oxime groups is 1. The van der Waals surface area contributed by atoms with Crippen molar-refractivity contribution < 1.29 is 9.94 Å². The summed E-state index contributed by atoms with van der Waals surface area (Å²) in [6.45, 7) is 5.88. The molecule has 1 heterocycles. The molecule has 1 aromatic rings.